The van der Waals surface area contributed by atoms with Gasteiger partial charge in [-0.2, -0.15) is 10.1 Å². The Morgan fingerprint density at radius 2 is 1.72 bits per heavy atom. The molecular weight excluding hydrogens is 364 g/mol. The highest BCUT2D eigenvalue weighted by Gasteiger charge is 2.67. The maximum absolute atomic E-state index is 13.1. The molecule has 0 radical (unpaired) electrons. The van der Waals surface area contributed by atoms with E-state index in [1.54, 1.807) is 6.21 Å². The molecule has 2 bridgehead atoms. The number of hydrazone groups is 1. The summed E-state index contributed by atoms with van der Waals surface area (Å²) in [7, 11) is 0. The molecule has 6 atom stereocenters. The van der Waals surface area contributed by atoms with E-state index in [0.717, 1.165) is 27.8 Å². The first-order valence-electron chi connectivity index (χ1n) is 10.4. The Morgan fingerprint density at radius 3 is 2.41 bits per heavy atom. The lowest BCUT2D eigenvalue weighted by Gasteiger charge is -2.37. The Kier molecular flexibility index (Phi) is 3.52. The number of nitrogens with zero attached hydrogens (tertiary/aromatic N) is 2. The Labute approximate surface area is 169 Å². The predicted octanol–water partition coefficient (Wildman–Crippen LogP) is 3.63. The molecule has 1 aliphatic heterocycles. The molecule has 0 N–H and O–H groups in total. The van der Waals surface area contributed by atoms with Crippen LogP contribution in [0.3, 0.4) is 0 Å². The summed E-state index contributed by atoms with van der Waals surface area (Å²) in [6.45, 7) is 2.46. The van der Waals surface area contributed by atoms with Crippen molar-refractivity contribution in [1.82, 2.24) is 5.01 Å². The molecule has 2 saturated carbocycles. The van der Waals surface area contributed by atoms with Crippen LogP contribution in [0.2, 0.25) is 0 Å². The van der Waals surface area contributed by atoms with Crippen molar-refractivity contribution in [3.63, 3.8) is 0 Å². The third-order valence-corrected chi connectivity index (χ3v) is 7.17. The number of carbonyl (C=O) groups is 2. The molecule has 1 saturated heterocycles. The van der Waals surface area contributed by atoms with Gasteiger partial charge in [0, 0.05) is 5.56 Å². The van der Waals surface area contributed by atoms with Crippen molar-refractivity contribution >= 4 is 28.8 Å². The van der Waals surface area contributed by atoms with Gasteiger partial charge in [-0.25, -0.2) is 0 Å². The lowest BCUT2D eigenvalue weighted by Crippen LogP contribution is -2.40. The second-order valence-electron chi connectivity index (χ2n) is 8.52. The number of hydrogen-bond donors (Lipinski definition) is 0. The molecule has 0 unspecified atom stereocenters. The first kappa shape index (κ1) is 17.0. The van der Waals surface area contributed by atoms with Crippen LogP contribution in [-0.2, 0) is 9.59 Å². The molecule has 3 fully saturated rings. The van der Waals surface area contributed by atoms with E-state index in [-0.39, 0.29) is 35.5 Å². The zero-order valence-corrected chi connectivity index (χ0v) is 16.2. The normalized spacial score (nSPS) is 34.2. The minimum Gasteiger partial charge on any atom is -0.493 e. The number of carbonyl (C=O) groups excluding carboxylic acids is 2. The Hall–Kier alpha value is -2.95. The standard InChI is InChI=1S/C24H22N2O3/c1-2-29-20-10-7-13-5-3-4-6-14(13)19(20)12-25-26-23(27)21-15-8-9-16(18-11-17(15)18)22(21)24(26)28/h3-10,12,15-18,21-22H,2,11H2,1H3/b25-12-/t15-,16-,17-,18-,21-,22+/m1/s1. The van der Waals surface area contributed by atoms with Crippen molar-refractivity contribution in [3.8, 4) is 5.75 Å². The SMILES string of the molecule is CCOc1ccc2ccccc2c1/C=N\N1C(=O)[C@@H]2[C@@H]3C=C[C@H]([C@H]4C[C@H]34)[C@@H]2C1=O. The zero-order valence-electron chi connectivity index (χ0n) is 16.2. The van der Waals surface area contributed by atoms with Gasteiger partial charge in [-0.1, -0.05) is 42.5 Å². The highest BCUT2D eigenvalue weighted by molar-refractivity contribution is 6.08. The average Bonchev–Trinajstić information content (AvgIpc) is 3.53. The van der Waals surface area contributed by atoms with E-state index in [2.05, 4.69) is 17.3 Å². The van der Waals surface area contributed by atoms with Crippen molar-refractivity contribution in [1.29, 1.82) is 0 Å². The van der Waals surface area contributed by atoms with Gasteiger partial charge in [0.2, 0.25) is 0 Å². The maximum atomic E-state index is 13.1. The van der Waals surface area contributed by atoms with Crippen LogP contribution in [0.4, 0.5) is 0 Å². The molecule has 146 valence electrons. The fourth-order valence-electron chi connectivity index (χ4n) is 5.86. The maximum Gasteiger partial charge on any atom is 0.254 e. The smallest absolute Gasteiger partial charge is 0.254 e. The van der Waals surface area contributed by atoms with E-state index in [4.69, 9.17) is 4.74 Å². The van der Waals surface area contributed by atoms with Crippen molar-refractivity contribution < 1.29 is 14.3 Å². The lowest BCUT2D eigenvalue weighted by molar-refractivity contribution is -0.140. The molecule has 5 nitrogen and oxygen atoms in total. The molecule has 2 amide bonds. The first-order chi connectivity index (χ1) is 14.2. The molecule has 2 aromatic carbocycles. The van der Waals surface area contributed by atoms with Gasteiger partial charge in [-0.15, -0.1) is 0 Å². The Bertz CT molecular complexity index is 1070. The van der Waals surface area contributed by atoms with Gasteiger partial charge in [-0.05, 0) is 53.9 Å². The molecule has 1 heterocycles. The third kappa shape index (κ3) is 2.30. The van der Waals surface area contributed by atoms with Crippen LogP contribution in [0.5, 0.6) is 5.75 Å². The van der Waals surface area contributed by atoms with Gasteiger partial charge in [0.05, 0.1) is 24.7 Å². The molecule has 0 aromatic heterocycles. The number of allylic oxidation sites excluding steroid dienone is 2. The molecule has 29 heavy (non-hydrogen) atoms. The first-order valence-corrected chi connectivity index (χ1v) is 10.4. The quantitative estimate of drug-likeness (QED) is 0.458. The van der Waals surface area contributed by atoms with Gasteiger partial charge < -0.3 is 4.74 Å². The number of amides is 2. The summed E-state index contributed by atoms with van der Waals surface area (Å²) < 4.78 is 5.78. The average molecular weight is 386 g/mol. The molecule has 5 heteroatoms. The molecule has 0 spiro atoms. The fraction of sp³-hybridized carbons (Fsp3) is 0.375. The van der Waals surface area contributed by atoms with Gasteiger partial charge in [0.25, 0.3) is 11.8 Å². The number of rotatable bonds is 4. The summed E-state index contributed by atoms with van der Waals surface area (Å²) >= 11 is 0. The highest BCUT2D eigenvalue weighted by atomic mass is 16.5. The topological polar surface area (TPSA) is 59.0 Å². The largest absolute Gasteiger partial charge is 0.493 e. The van der Waals surface area contributed by atoms with Crippen molar-refractivity contribution in [2.75, 3.05) is 6.61 Å². The van der Waals surface area contributed by atoms with Gasteiger partial charge in [-0.3, -0.25) is 9.59 Å². The number of imide groups is 1. The van der Waals surface area contributed by atoms with E-state index in [0.29, 0.717) is 24.2 Å². The van der Waals surface area contributed by atoms with E-state index < -0.39 is 0 Å². The third-order valence-electron chi connectivity index (χ3n) is 7.17. The summed E-state index contributed by atoms with van der Waals surface area (Å²) in [5.41, 5.74) is 0.796. The molecule has 5 aliphatic rings. The summed E-state index contributed by atoms with van der Waals surface area (Å²) in [6.07, 6.45) is 7.13. The number of benzene rings is 2. The van der Waals surface area contributed by atoms with Crippen molar-refractivity contribution in [3.05, 3.63) is 54.1 Å². The predicted molar refractivity (Wildman–Crippen MR) is 109 cm³/mol. The van der Waals surface area contributed by atoms with Crippen LogP contribution in [0.15, 0.2) is 53.7 Å². The van der Waals surface area contributed by atoms with Crippen molar-refractivity contribution in [2.45, 2.75) is 13.3 Å². The van der Waals surface area contributed by atoms with E-state index in [1.807, 2.05) is 43.3 Å². The summed E-state index contributed by atoms with van der Waals surface area (Å²) in [4.78, 5) is 26.3. The van der Waals surface area contributed by atoms with Crippen LogP contribution < -0.4 is 4.74 Å². The molecular formula is C24H22N2O3. The summed E-state index contributed by atoms with van der Waals surface area (Å²) in [5, 5.41) is 7.59. The van der Waals surface area contributed by atoms with E-state index in [9.17, 15) is 9.59 Å². The lowest BCUT2D eigenvalue weighted by atomic mass is 9.63. The van der Waals surface area contributed by atoms with E-state index in [1.165, 1.54) is 0 Å². The minimum absolute atomic E-state index is 0.140. The van der Waals surface area contributed by atoms with Gasteiger partial charge in [0.1, 0.15) is 5.75 Å². The van der Waals surface area contributed by atoms with Crippen LogP contribution in [0.25, 0.3) is 10.8 Å². The molecule has 4 aliphatic carbocycles. The van der Waals surface area contributed by atoms with Gasteiger partial charge >= 0.3 is 0 Å². The zero-order chi connectivity index (χ0) is 19.7. The van der Waals surface area contributed by atoms with Crippen LogP contribution >= 0.6 is 0 Å². The Balaban J connectivity index is 1.38. The van der Waals surface area contributed by atoms with E-state index >= 15 is 0 Å². The van der Waals surface area contributed by atoms with Gasteiger partial charge in [0.15, 0.2) is 0 Å². The molecule has 7 rings (SSSR count). The minimum atomic E-state index is -0.225. The van der Waals surface area contributed by atoms with Crippen LogP contribution in [0, 0.1) is 35.5 Å². The summed E-state index contributed by atoms with van der Waals surface area (Å²) in [5.74, 6) is 1.58. The summed E-state index contributed by atoms with van der Waals surface area (Å²) in [6, 6.07) is 11.9. The number of fused-ring (bicyclic) bond motifs is 1. The number of hydrogen-bond acceptors (Lipinski definition) is 4. The second-order valence-corrected chi connectivity index (χ2v) is 8.52. The van der Waals surface area contributed by atoms with Crippen LogP contribution in [0.1, 0.15) is 18.9 Å². The monoisotopic (exact) mass is 386 g/mol. The number of ether oxygens (including phenoxy) is 1. The van der Waals surface area contributed by atoms with Crippen molar-refractivity contribution in [2.24, 2.45) is 40.6 Å². The highest BCUT2D eigenvalue weighted by Crippen LogP contribution is 2.65. The fourth-order valence-corrected chi connectivity index (χ4v) is 5.86. The second kappa shape index (κ2) is 6.02. The van der Waals surface area contributed by atoms with Crippen LogP contribution in [-0.4, -0.2) is 29.6 Å². The Morgan fingerprint density at radius 1 is 1.03 bits per heavy atom. The molecule has 2 aromatic rings.